The number of nitrogens with zero attached hydrogens (tertiary/aromatic N) is 2. The fraction of sp³-hybridized carbons (Fsp3) is 0.778. The zero-order valence-electron chi connectivity index (χ0n) is 10.00. The van der Waals surface area contributed by atoms with E-state index in [1.165, 1.54) is 0 Å². The lowest BCUT2D eigenvalue weighted by Crippen LogP contribution is -2.44. The van der Waals surface area contributed by atoms with Crippen molar-refractivity contribution in [3.8, 4) is 0 Å². The fourth-order valence-corrected chi connectivity index (χ4v) is 1.59. The highest BCUT2D eigenvalue weighted by Crippen LogP contribution is 2.21. The minimum Gasteiger partial charge on any atom is -0.394 e. The Kier molecular flexibility index (Phi) is 5.46. The van der Waals surface area contributed by atoms with Gasteiger partial charge in [0.2, 0.25) is 5.91 Å². The van der Waals surface area contributed by atoms with E-state index < -0.39 is 24.4 Å². The van der Waals surface area contributed by atoms with E-state index in [4.69, 9.17) is 15.7 Å². The number of amides is 3. The van der Waals surface area contributed by atoms with Crippen LogP contribution in [-0.2, 0) is 9.53 Å². The lowest BCUT2D eigenvalue weighted by atomic mass is 10.1. The summed E-state index contributed by atoms with van der Waals surface area (Å²) >= 11 is 0. The van der Waals surface area contributed by atoms with Crippen molar-refractivity contribution in [2.45, 2.75) is 38.1 Å². The van der Waals surface area contributed by atoms with Crippen molar-refractivity contribution < 1.29 is 19.4 Å². The van der Waals surface area contributed by atoms with Crippen molar-refractivity contribution in [1.82, 2.24) is 10.6 Å². The summed E-state index contributed by atoms with van der Waals surface area (Å²) in [5.74, 6) is 4.55. The van der Waals surface area contributed by atoms with Crippen LogP contribution in [0.3, 0.4) is 0 Å². The van der Waals surface area contributed by atoms with Gasteiger partial charge in [-0.3, -0.25) is 10.1 Å². The third-order valence-corrected chi connectivity index (χ3v) is 2.48. The van der Waals surface area contributed by atoms with Crippen LogP contribution < -0.4 is 16.5 Å². The van der Waals surface area contributed by atoms with Crippen molar-refractivity contribution in [1.29, 1.82) is 0 Å². The van der Waals surface area contributed by atoms with Crippen molar-refractivity contribution in [3.05, 3.63) is 0 Å². The monoisotopic (exact) mass is 259 g/mol. The molecule has 0 aromatic carbocycles. The number of aliphatic hydroxyl groups is 1. The minimum absolute atomic E-state index is 0.211. The molecule has 0 saturated carbocycles. The normalized spacial score (nSPS) is 27.3. The molecule has 0 aromatic rings. The highest BCUT2D eigenvalue weighted by molar-refractivity contribution is 5.94. The molecule has 1 saturated heterocycles. The molecule has 1 rings (SSSR count). The topological polar surface area (TPSA) is 138 Å². The molecule has 0 spiro atoms. The van der Waals surface area contributed by atoms with Crippen LogP contribution in [0, 0.1) is 0 Å². The fourth-order valence-electron chi connectivity index (χ4n) is 1.59. The van der Waals surface area contributed by atoms with Crippen LogP contribution >= 0.6 is 0 Å². The second kappa shape index (κ2) is 6.87. The van der Waals surface area contributed by atoms with Gasteiger partial charge in [0, 0.05) is 12.8 Å². The first kappa shape index (κ1) is 14.3. The molecule has 3 unspecified atom stereocenters. The number of rotatable bonds is 4. The smallest absolute Gasteiger partial charge is 0.323 e. The van der Waals surface area contributed by atoms with Crippen LogP contribution in [0.5, 0.6) is 0 Å². The first-order valence-electron chi connectivity index (χ1n) is 5.57. The number of carbonyl (C=O) groups is 2. The first-order chi connectivity index (χ1) is 8.60. The maximum absolute atomic E-state index is 11.4. The summed E-state index contributed by atoms with van der Waals surface area (Å²) in [5.41, 5.74) is 0. The molecule has 0 aromatic heterocycles. The van der Waals surface area contributed by atoms with E-state index in [1.54, 1.807) is 6.92 Å². The van der Waals surface area contributed by atoms with Crippen LogP contribution in [0.15, 0.2) is 10.3 Å². The van der Waals surface area contributed by atoms with Gasteiger partial charge in [0.25, 0.3) is 0 Å². The maximum Gasteiger partial charge on any atom is 0.323 e. The number of hydrogen-bond donors (Lipinski definition) is 4. The number of urea groups is 1. The van der Waals surface area contributed by atoms with Gasteiger partial charge in [0.1, 0.15) is 18.4 Å². The van der Waals surface area contributed by atoms with E-state index in [0.29, 0.717) is 6.42 Å². The Morgan fingerprint density at radius 3 is 2.83 bits per heavy atom. The van der Waals surface area contributed by atoms with E-state index in [0.717, 1.165) is 0 Å². The SMILES string of the molecule is CCC(=O)NC(=O)NC1CC(N=NN)C(CO)O1. The van der Waals surface area contributed by atoms with Gasteiger partial charge in [-0.2, -0.15) is 5.11 Å². The Morgan fingerprint density at radius 1 is 1.56 bits per heavy atom. The van der Waals surface area contributed by atoms with Crippen molar-refractivity contribution >= 4 is 11.9 Å². The molecule has 1 fully saturated rings. The molecule has 9 nitrogen and oxygen atoms in total. The highest BCUT2D eigenvalue weighted by Gasteiger charge is 2.36. The quantitative estimate of drug-likeness (QED) is 0.292. The van der Waals surface area contributed by atoms with Crippen molar-refractivity contribution in [2.24, 2.45) is 16.2 Å². The molecule has 5 N–H and O–H groups in total. The second-order valence-corrected chi connectivity index (χ2v) is 3.75. The Balaban J connectivity index is 2.45. The Bertz CT molecular complexity index is 335. The minimum atomic E-state index is -0.645. The number of imide groups is 1. The molecule has 102 valence electrons. The van der Waals surface area contributed by atoms with Crippen LogP contribution in [0.2, 0.25) is 0 Å². The summed E-state index contributed by atoms with van der Waals surface area (Å²) in [4.78, 5) is 22.3. The van der Waals surface area contributed by atoms with E-state index in [1.807, 2.05) is 0 Å². The third-order valence-electron chi connectivity index (χ3n) is 2.48. The van der Waals surface area contributed by atoms with E-state index in [9.17, 15) is 9.59 Å². The molecule has 3 atom stereocenters. The molecule has 9 heteroatoms. The lowest BCUT2D eigenvalue weighted by Gasteiger charge is -2.13. The van der Waals surface area contributed by atoms with Gasteiger partial charge >= 0.3 is 6.03 Å². The number of nitrogens with one attached hydrogen (secondary N) is 2. The summed E-state index contributed by atoms with van der Waals surface area (Å²) in [6.45, 7) is 1.38. The Hall–Kier alpha value is -1.74. The van der Waals surface area contributed by atoms with Gasteiger partial charge in [-0.25, -0.2) is 4.79 Å². The average molecular weight is 259 g/mol. The molecule has 0 radical (unpaired) electrons. The Labute approximate surface area is 104 Å². The maximum atomic E-state index is 11.4. The van der Waals surface area contributed by atoms with Gasteiger partial charge in [-0.1, -0.05) is 12.1 Å². The van der Waals surface area contributed by atoms with Crippen molar-refractivity contribution in [2.75, 3.05) is 6.61 Å². The van der Waals surface area contributed by atoms with Gasteiger partial charge in [-0.05, 0) is 0 Å². The molecule has 0 bridgehead atoms. The number of carbonyl (C=O) groups excluding carboxylic acids is 2. The van der Waals surface area contributed by atoms with E-state index in [-0.39, 0.29) is 18.9 Å². The lowest BCUT2D eigenvalue weighted by molar-refractivity contribution is -0.119. The van der Waals surface area contributed by atoms with Crippen LogP contribution in [0.1, 0.15) is 19.8 Å². The molecule has 18 heavy (non-hydrogen) atoms. The Morgan fingerprint density at radius 2 is 2.28 bits per heavy atom. The van der Waals surface area contributed by atoms with Gasteiger partial charge in [-0.15, -0.1) is 0 Å². The van der Waals surface area contributed by atoms with Crippen molar-refractivity contribution in [3.63, 3.8) is 0 Å². The zero-order valence-corrected chi connectivity index (χ0v) is 10.00. The van der Waals surface area contributed by atoms with E-state index >= 15 is 0 Å². The summed E-state index contributed by atoms with van der Waals surface area (Å²) in [6, 6.07) is -1.05. The standard InChI is InChI=1S/C9H17N5O4/c1-2-7(16)11-9(17)12-8-3-5(13-14-10)6(4-15)18-8/h5-6,8,15H,2-4H2,1H3,(H2,10,13)(H2,11,12,16,17). The van der Waals surface area contributed by atoms with Gasteiger partial charge < -0.3 is 21.0 Å². The number of ether oxygens (including phenoxy) is 1. The number of hydrogen-bond acceptors (Lipinski definition) is 6. The predicted octanol–water partition coefficient (Wildman–Crippen LogP) is -0.976. The average Bonchev–Trinajstić information content (AvgIpc) is 2.71. The second-order valence-electron chi connectivity index (χ2n) is 3.75. The van der Waals surface area contributed by atoms with Gasteiger partial charge in [0.05, 0.1) is 6.61 Å². The summed E-state index contributed by atoms with van der Waals surface area (Å²) in [7, 11) is 0. The predicted molar refractivity (Wildman–Crippen MR) is 60.2 cm³/mol. The van der Waals surface area contributed by atoms with Crippen LogP contribution in [0.4, 0.5) is 4.79 Å². The largest absolute Gasteiger partial charge is 0.394 e. The van der Waals surface area contributed by atoms with Gasteiger partial charge in [0.15, 0.2) is 0 Å². The number of nitrogens with two attached hydrogens (primary N) is 1. The molecule has 0 aliphatic carbocycles. The highest BCUT2D eigenvalue weighted by atomic mass is 16.5. The molecular formula is C9H17N5O4. The molecule has 1 aliphatic heterocycles. The summed E-state index contributed by atoms with van der Waals surface area (Å²) in [5, 5.41) is 20.5. The zero-order chi connectivity index (χ0) is 13.5. The molecule has 1 heterocycles. The summed E-state index contributed by atoms with van der Waals surface area (Å²) in [6.07, 6.45) is -0.659. The van der Waals surface area contributed by atoms with Crippen LogP contribution in [-0.4, -0.2) is 42.0 Å². The van der Waals surface area contributed by atoms with Crippen LogP contribution in [0.25, 0.3) is 0 Å². The molecule has 1 aliphatic rings. The first-order valence-corrected chi connectivity index (χ1v) is 5.57. The van der Waals surface area contributed by atoms with E-state index in [2.05, 4.69) is 21.0 Å². The molecular weight excluding hydrogens is 242 g/mol. The number of aliphatic hydroxyl groups excluding tert-OH is 1. The third kappa shape index (κ3) is 3.93. The molecule has 3 amide bonds. The summed E-state index contributed by atoms with van der Waals surface area (Å²) < 4.78 is 5.32.